The molecule has 0 unspecified atom stereocenters. The maximum Gasteiger partial charge on any atom is 0.269 e. The molecule has 1 aliphatic heterocycles. The van der Waals surface area contributed by atoms with Crippen molar-refractivity contribution in [3.05, 3.63) is 58.6 Å². The summed E-state index contributed by atoms with van der Waals surface area (Å²) in [5.41, 5.74) is 1.64. The highest BCUT2D eigenvalue weighted by Crippen LogP contribution is 2.26. The van der Waals surface area contributed by atoms with E-state index in [9.17, 15) is 10.1 Å². The van der Waals surface area contributed by atoms with Gasteiger partial charge in [0.25, 0.3) is 5.69 Å². The molecular formula is C21H23N5O3. The van der Waals surface area contributed by atoms with E-state index in [1.165, 1.54) is 12.1 Å². The smallest absolute Gasteiger partial charge is 0.269 e. The first-order valence-electron chi connectivity index (χ1n) is 9.76. The predicted octanol–water partition coefficient (Wildman–Crippen LogP) is 3.34. The molecule has 0 spiro atoms. The molecule has 0 bridgehead atoms. The fourth-order valence-electron chi connectivity index (χ4n) is 3.41. The summed E-state index contributed by atoms with van der Waals surface area (Å²) in [6, 6.07) is 14.2. The zero-order valence-corrected chi connectivity index (χ0v) is 16.1. The van der Waals surface area contributed by atoms with Gasteiger partial charge in [-0.15, -0.1) is 0 Å². The van der Waals surface area contributed by atoms with Gasteiger partial charge in [0.15, 0.2) is 5.82 Å². The quantitative estimate of drug-likeness (QED) is 0.374. The molecule has 2 heterocycles. The summed E-state index contributed by atoms with van der Waals surface area (Å²) in [6.07, 6.45) is 1.01. The molecule has 1 saturated heterocycles. The van der Waals surface area contributed by atoms with E-state index in [0.717, 1.165) is 68.1 Å². The highest BCUT2D eigenvalue weighted by Gasteiger charge is 2.12. The van der Waals surface area contributed by atoms with Crippen molar-refractivity contribution in [3.63, 3.8) is 0 Å². The minimum Gasteiger partial charge on any atom is -0.379 e. The monoisotopic (exact) mass is 393 g/mol. The molecule has 29 heavy (non-hydrogen) atoms. The van der Waals surface area contributed by atoms with Crippen LogP contribution in [0.15, 0.2) is 48.5 Å². The summed E-state index contributed by atoms with van der Waals surface area (Å²) >= 11 is 0. The van der Waals surface area contributed by atoms with E-state index in [4.69, 9.17) is 9.72 Å². The van der Waals surface area contributed by atoms with Crippen molar-refractivity contribution in [1.29, 1.82) is 0 Å². The van der Waals surface area contributed by atoms with E-state index in [0.29, 0.717) is 5.82 Å². The Morgan fingerprint density at radius 2 is 1.83 bits per heavy atom. The number of nitrogens with zero attached hydrogens (tertiary/aromatic N) is 4. The van der Waals surface area contributed by atoms with Crippen molar-refractivity contribution in [3.8, 4) is 11.4 Å². The molecular weight excluding hydrogens is 370 g/mol. The molecule has 8 nitrogen and oxygen atoms in total. The Kier molecular flexibility index (Phi) is 5.92. The molecule has 4 rings (SSSR count). The second-order valence-corrected chi connectivity index (χ2v) is 6.95. The average Bonchev–Trinajstić information content (AvgIpc) is 2.77. The van der Waals surface area contributed by atoms with Gasteiger partial charge in [-0.05, 0) is 37.2 Å². The lowest BCUT2D eigenvalue weighted by Gasteiger charge is -2.26. The van der Waals surface area contributed by atoms with Crippen molar-refractivity contribution < 1.29 is 9.66 Å². The molecule has 0 amide bonds. The lowest BCUT2D eigenvalue weighted by Crippen LogP contribution is -2.37. The van der Waals surface area contributed by atoms with Crippen LogP contribution in [0, 0.1) is 10.1 Å². The van der Waals surface area contributed by atoms with Crippen LogP contribution in [0.2, 0.25) is 0 Å². The Bertz CT molecular complexity index is 987. The third kappa shape index (κ3) is 4.67. The number of hydrogen-bond acceptors (Lipinski definition) is 7. The van der Waals surface area contributed by atoms with Crippen LogP contribution < -0.4 is 5.32 Å². The summed E-state index contributed by atoms with van der Waals surface area (Å²) in [7, 11) is 0. The number of rotatable bonds is 7. The first kappa shape index (κ1) is 19.2. The van der Waals surface area contributed by atoms with Gasteiger partial charge in [0.1, 0.15) is 5.82 Å². The second kappa shape index (κ2) is 8.93. The van der Waals surface area contributed by atoms with Gasteiger partial charge >= 0.3 is 0 Å². The van der Waals surface area contributed by atoms with E-state index >= 15 is 0 Å². The molecule has 0 aliphatic carbocycles. The van der Waals surface area contributed by atoms with Crippen LogP contribution in [0.4, 0.5) is 11.5 Å². The van der Waals surface area contributed by atoms with E-state index < -0.39 is 4.92 Å². The molecule has 0 saturated carbocycles. The van der Waals surface area contributed by atoms with Crippen LogP contribution in [0.25, 0.3) is 22.3 Å². The fraction of sp³-hybridized carbons (Fsp3) is 0.333. The number of nitro benzene ring substituents is 1. The molecule has 2 aromatic carbocycles. The summed E-state index contributed by atoms with van der Waals surface area (Å²) in [6.45, 7) is 5.42. The van der Waals surface area contributed by atoms with Gasteiger partial charge in [-0.25, -0.2) is 9.97 Å². The maximum absolute atomic E-state index is 10.9. The zero-order valence-electron chi connectivity index (χ0n) is 16.1. The summed E-state index contributed by atoms with van der Waals surface area (Å²) in [5, 5.41) is 15.3. The van der Waals surface area contributed by atoms with Crippen LogP contribution >= 0.6 is 0 Å². The number of anilines is 1. The Hall–Kier alpha value is -3.10. The number of nitrogens with one attached hydrogen (secondary N) is 1. The number of fused-ring (bicyclic) bond motifs is 1. The number of ether oxygens (including phenoxy) is 1. The first-order valence-corrected chi connectivity index (χ1v) is 9.76. The highest BCUT2D eigenvalue weighted by atomic mass is 16.6. The molecule has 1 N–H and O–H groups in total. The van der Waals surface area contributed by atoms with Crippen molar-refractivity contribution in [2.24, 2.45) is 0 Å². The molecule has 8 heteroatoms. The van der Waals surface area contributed by atoms with E-state index in [1.807, 2.05) is 24.3 Å². The van der Waals surface area contributed by atoms with Crippen LogP contribution in [0.5, 0.6) is 0 Å². The van der Waals surface area contributed by atoms with Gasteiger partial charge in [-0.1, -0.05) is 12.1 Å². The third-order valence-electron chi connectivity index (χ3n) is 4.99. The van der Waals surface area contributed by atoms with Gasteiger partial charge in [-0.2, -0.15) is 0 Å². The lowest BCUT2D eigenvalue weighted by molar-refractivity contribution is -0.384. The Morgan fingerprint density at radius 3 is 2.59 bits per heavy atom. The maximum atomic E-state index is 10.9. The average molecular weight is 393 g/mol. The number of para-hydroxylation sites is 1. The molecule has 150 valence electrons. The van der Waals surface area contributed by atoms with Crippen LogP contribution in [0.1, 0.15) is 6.42 Å². The Balaban J connectivity index is 1.51. The lowest BCUT2D eigenvalue weighted by atomic mass is 10.1. The van der Waals surface area contributed by atoms with Crippen molar-refractivity contribution in [1.82, 2.24) is 14.9 Å². The molecule has 1 aliphatic rings. The van der Waals surface area contributed by atoms with Gasteiger partial charge in [-0.3, -0.25) is 15.0 Å². The largest absolute Gasteiger partial charge is 0.379 e. The fourth-order valence-corrected chi connectivity index (χ4v) is 3.41. The first-order chi connectivity index (χ1) is 14.2. The number of aromatic nitrogens is 2. The van der Waals surface area contributed by atoms with Gasteiger partial charge < -0.3 is 10.1 Å². The molecule has 3 aromatic rings. The number of hydrogen-bond donors (Lipinski definition) is 1. The van der Waals surface area contributed by atoms with Crippen LogP contribution in [0.3, 0.4) is 0 Å². The summed E-state index contributed by atoms with van der Waals surface area (Å²) < 4.78 is 5.39. The van der Waals surface area contributed by atoms with Gasteiger partial charge in [0.05, 0.1) is 23.7 Å². The van der Waals surface area contributed by atoms with Crippen LogP contribution in [-0.2, 0) is 4.74 Å². The number of benzene rings is 2. The minimum absolute atomic E-state index is 0.0519. The Labute approximate surface area is 168 Å². The van der Waals surface area contributed by atoms with E-state index in [2.05, 4.69) is 15.2 Å². The minimum atomic E-state index is -0.410. The van der Waals surface area contributed by atoms with Crippen molar-refractivity contribution in [2.75, 3.05) is 44.7 Å². The highest BCUT2D eigenvalue weighted by molar-refractivity contribution is 5.90. The normalized spacial score (nSPS) is 14.8. The van der Waals surface area contributed by atoms with Gasteiger partial charge in [0.2, 0.25) is 0 Å². The van der Waals surface area contributed by atoms with E-state index in [-0.39, 0.29) is 5.69 Å². The van der Waals surface area contributed by atoms with Crippen LogP contribution in [-0.4, -0.2) is 59.2 Å². The summed E-state index contributed by atoms with van der Waals surface area (Å²) in [5.74, 6) is 1.33. The van der Waals surface area contributed by atoms with Crippen molar-refractivity contribution in [2.45, 2.75) is 6.42 Å². The second-order valence-electron chi connectivity index (χ2n) is 6.95. The number of morpholine rings is 1. The van der Waals surface area contributed by atoms with E-state index in [1.54, 1.807) is 12.1 Å². The predicted molar refractivity (Wildman–Crippen MR) is 112 cm³/mol. The molecule has 0 radical (unpaired) electrons. The molecule has 1 fully saturated rings. The molecule has 0 atom stereocenters. The third-order valence-corrected chi connectivity index (χ3v) is 4.99. The summed E-state index contributed by atoms with van der Waals surface area (Å²) in [4.78, 5) is 22.2. The number of nitro groups is 1. The van der Waals surface area contributed by atoms with Gasteiger partial charge in [0, 0.05) is 42.7 Å². The number of non-ortho nitro benzene ring substituents is 1. The molecule has 1 aromatic heterocycles. The topological polar surface area (TPSA) is 93.4 Å². The van der Waals surface area contributed by atoms with Crippen molar-refractivity contribution >= 4 is 22.4 Å². The Morgan fingerprint density at radius 1 is 1.07 bits per heavy atom. The standard InChI is InChI=1S/C21H23N5O3/c27-26(28)17-8-6-16(7-9-17)20-23-19-5-2-1-4-18(19)21(24-20)22-10-3-11-25-12-14-29-15-13-25/h1-2,4-9H,3,10-15H2,(H,22,23,24). The zero-order chi connectivity index (χ0) is 20.1. The SMILES string of the molecule is O=[N+]([O-])c1ccc(-c2nc(NCCCN3CCOCC3)c3ccccc3n2)cc1.